The van der Waals surface area contributed by atoms with Gasteiger partial charge in [0.1, 0.15) is 17.3 Å². The van der Waals surface area contributed by atoms with Crippen molar-refractivity contribution in [3.8, 4) is 11.5 Å². The molecule has 0 amide bonds. The molecule has 0 unspecified atom stereocenters. The third kappa shape index (κ3) is 2.55. The molecular formula is C12H11FN2O. The zero-order valence-electron chi connectivity index (χ0n) is 8.56. The van der Waals surface area contributed by atoms with Crippen LogP contribution in [0.1, 0.15) is 5.56 Å². The summed E-state index contributed by atoms with van der Waals surface area (Å²) in [6.07, 6.45) is 3.22. The summed E-state index contributed by atoms with van der Waals surface area (Å²) in [6.45, 7) is 0.396. The highest BCUT2D eigenvalue weighted by atomic mass is 19.1. The van der Waals surface area contributed by atoms with Gasteiger partial charge < -0.3 is 10.5 Å². The standard InChI is InChI=1S/C12H11FN2O/c13-10-2-1-3-11(5-10)16-12-4-9(6-14)7-15-8-12/h1-5,7-8H,6,14H2. The summed E-state index contributed by atoms with van der Waals surface area (Å²) >= 11 is 0. The van der Waals surface area contributed by atoms with E-state index >= 15 is 0 Å². The van der Waals surface area contributed by atoms with Gasteiger partial charge in [0.2, 0.25) is 0 Å². The number of rotatable bonds is 3. The summed E-state index contributed by atoms with van der Waals surface area (Å²) in [5, 5.41) is 0. The molecule has 1 aromatic heterocycles. The van der Waals surface area contributed by atoms with E-state index in [4.69, 9.17) is 10.5 Å². The van der Waals surface area contributed by atoms with E-state index in [9.17, 15) is 4.39 Å². The van der Waals surface area contributed by atoms with Crippen LogP contribution in [0.5, 0.6) is 11.5 Å². The Morgan fingerprint density at radius 3 is 2.81 bits per heavy atom. The second-order valence-corrected chi connectivity index (χ2v) is 3.29. The lowest BCUT2D eigenvalue weighted by Crippen LogP contribution is -1.97. The number of halogens is 1. The Bertz CT molecular complexity index is 488. The molecule has 2 rings (SSSR count). The van der Waals surface area contributed by atoms with Crippen molar-refractivity contribution >= 4 is 0 Å². The van der Waals surface area contributed by atoms with Crippen LogP contribution in [0.4, 0.5) is 4.39 Å². The molecule has 82 valence electrons. The van der Waals surface area contributed by atoms with E-state index in [1.165, 1.54) is 12.1 Å². The first-order valence-electron chi connectivity index (χ1n) is 4.85. The van der Waals surface area contributed by atoms with Gasteiger partial charge in [-0.25, -0.2) is 4.39 Å². The van der Waals surface area contributed by atoms with Crippen LogP contribution in [0.3, 0.4) is 0 Å². The van der Waals surface area contributed by atoms with Crippen LogP contribution >= 0.6 is 0 Å². The quantitative estimate of drug-likeness (QED) is 0.860. The molecule has 0 atom stereocenters. The van der Waals surface area contributed by atoms with Crippen molar-refractivity contribution < 1.29 is 9.13 Å². The summed E-state index contributed by atoms with van der Waals surface area (Å²) in [5.74, 6) is 0.657. The fraction of sp³-hybridized carbons (Fsp3) is 0.0833. The van der Waals surface area contributed by atoms with Crippen LogP contribution in [-0.4, -0.2) is 4.98 Å². The molecule has 0 saturated carbocycles. The highest BCUT2D eigenvalue weighted by Crippen LogP contribution is 2.21. The minimum atomic E-state index is -0.333. The first kappa shape index (κ1) is 10.6. The molecule has 16 heavy (non-hydrogen) atoms. The van der Waals surface area contributed by atoms with Crippen molar-refractivity contribution in [3.63, 3.8) is 0 Å². The van der Waals surface area contributed by atoms with Crippen molar-refractivity contribution in [2.45, 2.75) is 6.54 Å². The second kappa shape index (κ2) is 4.72. The van der Waals surface area contributed by atoms with Crippen molar-refractivity contribution in [2.75, 3.05) is 0 Å². The molecule has 0 aliphatic carbocycles. The molecule has 4 heteroatoms. The molecule has 1 heterocycles. The SMILES string of the molecule is NCc1cncc(Oc2cccc(F)c2)c1. The molecule has 0 fully saturated rings. The maximum atomic E-state index is 12.9. The van der Waals surface area contributed by atoms with Crippen LogP contribution in [0.15, 0.2) is 42.7 Å². The first-order chi connectivity index (χ1) is 7.78. The van der Waals surface area contributed by atoms with Gasteiger partial charge in [0.15, 0.2) is 0 Å². The molecule has 2 aromatic rings. The molecular weight excluding hydrogens is 207 g/mol. The lowest BCUT2D eigenvalue weighted by Gasteiger charge is -2.06. The molecule has 0 saturated heterocycles. The zero-order valence-corrected chi connectivity index (χ0v) is 8.56. The summed E-state index contributed by atoms with van der Waals surface area (Å²) < 4.78 is 18.3. The number of nitrogens with zero attached hydrogens (tertiary/aromatic N) is 1. The van der Waals surface area contributed by atoms with E-state index in [1.54, 1.807) is 30.6 Å². The predicted molar refractivity (Wildman–Crippen MR) is 58.6 cm³/mol. The number of hydrogen-bond donors (Lipinski definition) is 1. The average Bonchev–Trinajstić information content (AvgIpc) is 2.29. The van der Waals surface area contributed by atoms with Gasteiger partial charge in [-0.2, -0.15) is 0 Å². The van der Waals surface area contributed by atoms with Gasteiger partial charge in [0.05, 0.1) is 6.20 Å². The van der Waals surface area contributed by atoms with Crippen molar-refractivity contribution in [3.05, 3.63) is 54.1 Å². The van der Waals surface area contributed by atoms with Crippen molar-refractivity contribution in [1.29, 1.82) is 0 Å². The van der Waals surface area contributed by atoms with E-state index in [1.807, 2.05) is 0 Å². The van der Waals surface area contributed by atoms with Gasteiger partial charge in [-0.1, -0.05) is 6.07 Å². The largest absolute Gasteiger partial charge is 0.456 e. The molecule has 0 radical (unpaired) electrons. The van der Waals surface area contributed by atoms with Gasteiger partial charge >= 0.3 is 0 Å². The van der Waals surface area contributed by atoms with Gasteiger partial charge in [0, 0.05) is 18.8 Å². The lowest BCUT2D eigenvalue weighted by atomic mass is 10.3. The Kier molecular flexibility index (Phi) is 3.12. The fourth-order valence-electron chi connectivity index (χ4n) is 1.30. The molecule has 2 N–H and O–H groups in total. The Hall–Kier alpha value is -1.94. The van der Waals surface area contributed by atoms with Gasteiger partial charge in [-0.3, -0.25) is 4.98 Å². The van der Waals surface area contributed by atoms with Crippen LogP contribution in [0.25, 0.3) is 0 Å². The third-order valence-corrected chi connectivity index (χ3v) is 2.04. The van der Waals surface area contributed by atoms with Crippen LogP contribution < -0.4 is 10.5 Å². The van der Waals surface area contributed by atoms with E-state index in [0.29, 0.717) is 18.0 Å². The van der Waals surface area contributed by atoms with E-state index < -0.39 is 0 Å². The van der Waals surface area contributed by atoms with E-state index in [2.05, 4.69) is 4.98 Å². The maximum Gasteiger partial charge on any atom is 0.146 e. The Balaban J connectivity index is 2.20. The molecule has 0 spiro atoms. The Morgan fingerprint density at radius 1 is 1.19 bits per heavy atom. The average molecular weight is 218 g/mol. The van der Waals surface area contributed by atoms with Gasteiger partial charge in [0.25, 0.3) is 0 Å². The highest BCUT2D eigenvalue weighted by molar-refractivity contribution is 5.31. The van der Waals surface area contributed by atoms with Crippen molar-refractivity contribution in [1.82, 2.24) is 4.98 Å². The van der Waals surface area contributed by atoms with E-state index in [0.717, 1.165) is 5.56 Å². The number of nitrogens with two attached hydrogens (primary N) is 1. The van der Waals surface area contributed by atoms with Crippen LogP contribution in [-0.2, 0) is 6.54 Å². The van der Waals surface area contributed by atoms with E-state index in [-0.39, 0.29) is 5.82 Å². The number of pyridine rings is 1. The fourth-order valence-corrected chi connectivity index (χ4v) is 1.30. The molecule has 0 aliphatic rings. The predicted octanol–water partition coefficient (Wildman–Crippen LogP) is 2.47. The highest BCUT2D eigenvalue weighted by Gasteiger charge is 2.00. The summed E-state index contributed by atoms with van der Waals surface area (Å²) in [6, 6.07) is 7.72. The first-order valence-corrected chi connectivity index (χ1v) is 4.85. The summed E-state index contributed by atoms with van der Waals surface area (Å²) in [5.41, 5.74) is 6.35. The minimum Gasteiger partial charge on any atom is -0.456 e. The summed E-state index contributed by atoms with van der Waals surface area (Å²) in [4.78, 5) is 3.98. The number of aromatic nitrogens is 1. The number of hydrogen-bond acceptors (Lipinski definition) is 3. The van der Waals surface area contributed by atoms with Crippen LogP contribution in [0, 0.1) is 5.82 Å². The molecule has 0 bridgehead atoms. The smallest absolute Gasteiger partial charge is 0.146 e. The lowest BCUT2D eigenvalue weighted by molar-refractivity contribution is 0.474. The maximum absolute atomic E-state index is 12.9. The second-order valence-electron chi connectivity index (χ2n) is 3.29. The number of ether oxygens (including phenoxy) is 1. The Labute approximate surface area is 92.7 Å². The minimum absolute atomic E-state index is 0.333. The van der Waals surface area contributed by atoms with Crippen LogP contribution in [0.2, 0.25) is 0 Å². The normalized spacial score (nSPS) is 10.1. The van der Waals surface area contributed by atoms with Crippen molar-refractivity contribution in [2.24, 2.45) is 5.73 Å². The molecule has 3 nitrogen and oxygen atoms in total. The van der Waals surface area contributed by atoms with Gasteiger partial charge in [-0.15, -0.1) is 0 Å². The summed E-state index contributed by atoms with van der Waals surface area (Å²) in [7, 11) is 0. The Morgan fingerprint density at radius 2 is 2.06 bits per heavy atom. The number of benzene rings is 1. The third-order valence-electron chi connectivity index (χ3n) is 2.04. The topological polar surface area (TPSA) is 48.1 Å². The monoisotopic (exact) mass is 218 g/mol. The molecule has 0 aliphatic heterocycles. The van der Waals surface area contributed by atoms with Gasteiger partial charge in [-0.05, 0) is 23.8 Å². The molecule has 1 aromatic carbocycles. The zero-order chi connectivity index (χ0) is 11.4.